The van der Waals surface area contributed by atoms with Crippen molar-refractivity contribution >= 4 is 5.57 Å². The molecule has 0 atom stereocenters. The van der Waals surface area contributed by atoms with Crippen LogP contribution in [-0.4, -0.2) is 6.36 Å². The summed E-state index contributed by atoms with van der Waals surface area (Å²) in [7, 11) is 0. The molecule has 0 heterocycles. The van der Waals surface area contributed by atoms with Gasteiger partial charge >= 0.3 is 6.36 Å². The lowest BCUT2D eigenvalue weighted by Crippen LogP contribution is -2.16. The van der Waals surface area contributed by atoms with Crippen LogP contribution in [0.25, 0.3) is 16.7 Å². The largest absolute Gasteiger partial charge is 0.573 e. The first-order valence-electron chi connectivity index (χ1n) is 10.00. The summed E-state index contributed by atoms with van der Waals surface area (Å²) < 4.78 is 85.1. The predicted molar refractivity (Wildman–Crippen MR) is 110 cm³/mol. The molecule has 1 nitrogen and oxygen atoms in total. The molecule has 0 aliphatic heterocycles. The van der Waals surface area contributed by atoms with Gasteiger partial charge in [0, 0.05) is 11.1 Å². The highest BCUT2D eigenvalue weighted by molar-refractivity contribution is 5.74. The number of halogens is 6. The molecule has 0 bridgehead atoms. The minimum atomic E-state index is -4.81. The summed E-state index contributed by atoms with van der Waals surface area (Å²) in [5.41, 5.74) is 2.54. The first kappa shape index (κ1) is 22.0. The molecule has 0 unspecified atom stereocenters. The van der Waals surface area contributed by atoms with E-state index in [-0.39, 0.29) is 24.0 Å². The van der Waals surface area contributed by atoms with Crippen molar-refractivity contribution in [3.05, 3.63) is 94.3 Å². The first-order chi connectivity index (χ1) is 15.2. The number of ether oxygens (including phenoxy) is 1. The van der Waals surface area contributed by atoms with E-state index in [9.17, 15) is 22.0 Å². The lowest BCUT2D eigenvalue weighted by molar-refractivity contribution is -0.274. The standard InChI is InChI=1S/C25H18F6O/c1-2-14-11-21(26)23(22(27)12-14)17-6-10-20-16(13-17)5-9-19(24(20)28)15-3-7-18(8-4-15)32-25(29,30)31/h3-9,11-12H,2,10,13H2,1H3. The molecule has 166 valence electrons. The lowest BCUT2D eigenvalue weighted by atomic mass is 9.85. The monoisotopic (exact) mass is 448 g/mol. The topological polar surface area (TPSA) is 9.23 Å². The Labute approximate surface area is 181 Å². The third-order valence-electron chi connectivity index (χ3n) is 5.50. The zero-order chi connectivity index (χ0) is 23.0. The quantitative estimate of drug-likeness (QED) is 0.378. The van der Waals surface area contributed by atoms with Crippen LogP contribution in [0.15, 0.2) is 54.6 Å². The second-order valence-electron chi connectivity index (χ2n) is 7.54. The number of aryl methyl sites for hydroxylation is 1. The molecule has 0 N–H and O–H groups in total. The summed E-state index contributed by atoms with van der Waals surface area (Å²) in [6, 6.07) is 10.7. The van der Waals surface area contributed by atoms with Gasteiger partial charge in [0.25, 0.3) is 0 Å². The Balaban J connectivity index is 1.62. The van der Waals surface area contributed by atoms with Gasteiger partial charge in [-0.25, -0.2) is 13.2 Å². The van der Waals surface area contributed by atoms with Crippen LogP contribution < -0.4 is 4.74 Å². The summed E-state index contributed by atoms with van der Waals surface area (Å²) in [6.45, 7) is 1.81. The van der Waals surface area contributed by atoms with Gasteiger partial charge in [-0.3, -0.25) is 0 Å². The van der Waals surface area contributed by atoms with Crippen LogP contribution in [0.5, 0.6) is 5.75 Å². The Morgan fingerprint density at radius 3 is 2.16 bits per heavy atom. The number of allylic oxidation sites excluding steroid dienone is 2. The molecule has 7 heteroatoms. The molecule has 3 aromatic carbocycles. The van der Waals surface area contributed by atoms with Crippen LogP contribution in [0.2, 0.25) is 0 Å². The van der Waals surface area contributed by atoms with E-state index in [2.05, 4.69) is 4.74 Å². The summed E-state index contributed by atoms with van der Waals surface area (Å²) in [5.74, 6) is -2.19. The normalized spacial score (nSPS) is 13.5. The smallest absolute Gasteiger partial charge is 0.406 e. The molecule has 0 radical (unpaired) electrons. The van der Waals surface area contributed by atoms with E-state index < -0.39 is 29.6 Å². The molecular formula is C25H18F6O. The van der Waals surface area contributed by atoms with Crippen molar-refractivity contribution in [1.82, 2.24) is 0 Å². The molecule has 0 amide bonds. The zero-order valence-electron chi connectivity index (χ0n) is 17.0. The van der Waals surface area contributed by atoms with Crippen molar-refractivity contribution in [2.45, 2.75) is 32.5 Å². The van der Waals surface area contributed by atoms with Crippen molar-refractivity contribution in [2.75, 3.05) is 0 Å². The number of hydrogen-bond acceptors (Lipinski definition) is 1. The second-order valence-corrected chi connectivity index (χ2v) is 7.54. The van der Waals surface area contributed by atoms with Gasteiger partial charge in [0.15, 0.2) is 0 Å². The van der Waals surface area contributed by atoms with Crippen molar-refractivity contribution in [3.8, 4) is 16.9 Å². The van der Waals surface area contributed by atoms with E-state index in [0.717, 1.165) is 12.1 Å². The Hall–Kier alpha value is -3.22. The van der Waals surface area contributed by atoms with Crippen molar-refractivity contribution < 1.29 is 31.1 Å². The van der Waals surface area contributed by atoms with Gasteiger partial charge in [-0.1, -0.05) is 37.3 Å². The Morgan fingerprint density at radius 2 is 1.56 bits per heavy atom. The molecule has 32 heavy (non-hydrogen) atoms. The molecule has 1 aliphatic carbocycles. The van der Waals surface area contributed by atoms with Gasteiger partial charge in [-0.05, 0) is 71.4 Å². The molecule has 1 aliphatic rings. The lowest BCUT2D eigenvalue weighted by Gasteiger charge is -2.21. The highest BCUT2D eigenvalue weighted by atomic mass is 19.4. The highest BCUT2D eigenvalue weighted by Crippen LogP contribution is 2.36. The summed E-state index contributed by atoms with van der Waals surface area (Å²) >= 11 is 0. The van der Waals surface area contributed by atoms with Gasteiger partial charge in [0.05, 0.1) is 0 Å². The number of alkyl halides is 3. The van der Waals surface area contributed by atoms with E-state index in [1.807, 2.05) is 0 Å². The first-order valence-corrected chi connectivity index (χ1v) is 10.00. The van der Waals surface area contributed by atoms with E-state index in [1.165, 1.54) is 30.3 Å². The fourth-order valence-corrected chi connectivity index (χ4v) is 3.94. The predicted octanol–water partition coefficient (Wildman–Crippen LogP) is 7.41. The SMILES string of the molecule is CCc1cc(F)c(C2=CCc3c(ccc(-c4ccc(OC(F)(F)F)cc4)c3F)C2)c(F)c1. The van der Waals surface area contributed by atoms with Gasteiger partial charge < -0.3 is 4.74 Å². The molecule has 0 saturated carbocycles. The fourth-order valence-electron chi connectivity index (χ4n) is 3.94. The van der Waals surface area contributed by atoms with Crippen LogP contribution in [0, 0.1) is 17.5 Å². The summed E-state index contributed by atoms with van der Waals surface area (Å²) in [5, 5.41) is 0. The Bertz CT molecular complexity index is 1170. The number of hydrogen-bond donors (Lipinski definition) is 0. The van der Waals surface area contributed by atoms with Gasteiger partial charge in [0.2, 0.25) is 0 Å². The maximum absolute atomic E-state index is 15.2. The summed E-state index contributed by atoms with van der Waals surface area (Å²) in [4.78, 5) is 0. The molecule has 0 spiro atoms. The van der Waals surface area contributed by atoms with Crippen LogP contribution >= 0.6 is 0 Å². The zero-order valence-corrected chi connectivity index (χ0v) is 17.0. The van der Waals surface area contributed by atoms with Crippen molar-refractivity contribution in [3.63, 3.8) is 0 Å². The Kier molecular flexibility index (Phi) is 5.75. The number of rotatable bonds is 4. The molecule has 3 aromatic rings. The average Bonchev–Trinajstić information content (AvgIpc) is 2.73. The maximum Gasteiger partial charge on any atom is 0.573 e. The van der Waals surface area contributed by atoms with E-state index in [1.54, 1.807) is 19.1 Å². The van der Waals surface area contributed by atoms with Crippen LogP contribution in [0.1, 0.15) is 29.2 Å². The van der Waals surface area contributed by atoms with E-state index in [0.29, 0.717) is 34.2 Å². The van der Waals surface area contributed by atoms with Crippen LogP contribution in [-0.2, 0) is 19.3 Å². The Morgan fingerprint density at radius 1 is 0.906 bits per heavy atom. The third kappa shape index (κ3) is 4.38. The molecule has 0 aromatic heterocycles. The number of fused-ring (bicyclic) bond motifs is 1. The van der Waals surface area contributed by atoms with Gasteiger partial charge in [-0.15, -0.1) is 13.2 Å². The van der Waals surface area contributed by atoms with Gasteiger partial charge in [0.1, 0.15) is 23.2 Å². The van der Waals surface area contributed by atoms with Gasteiger partial charge in [-0.2, -0.15) is 0 Å². The molecule has 0 fully saturated rings. The van der Waals surface area contributed by atoms with Crippen molar-refractivity contribution in [2.24, 2.45) is 0 Å². The van der Waals surface area contributed by atoms with Crippen LogP contribution in [0.3, 0.4) is 0 Å². The minimum absolute atomic E-state index is 0.0995. The van der Waals surface area contributed by atoms with Crippen LogP contribution in [0.4, 0.5) is 26.3 Å². The van der Waals surface area contributed by atoms with E-state index >= 15 is 4.39 Å². The highest BCUT2D eigenvalue weighted by Gasteiger charge is 2.31. The molecule has 4 rings (SSSR count). The maximum atomic E-state index is 15.2. The third-order valence-corrected chi connectivity index (χ3v) is 5.50. The molecular weight excluding hydrogens is 430 g/mol. The molecule has 0 saturated heterocycles. The number of benzene rings is 3. The minimum Gasteiger partial charge on any atom is -0.406 e. The second kappa shape index (κ2) is 8.37. The van der Waals surface area contributed by atoms with E-state index in [4.69, 9.17) is 0 Å². The fraction of sp³-hybridized carbons (Fsp3) is 0.200. The summed E-state index contributed by atoms with van der Waals surface area (Å²) in [6.07, 6.45) is -2.37. The van der Waals surface area contributed by atoms with Crippen molar-refractivity contribution in [1.29, 1.82) is 0 Å². The average molecular weight is 448 g/mol.